The first kappa shape index (κ1) is 11.2. The van der Waals surface area contributed by atoms with Gasteiger partial charge < -0.3 is 4.74 Å². The molecule has 0 saturated heterocycles. The van der Waals surface area contributed by atoms with Crippen LogP contribution in [0.5, 0.6) is 5.75 Å². The Kier molecular flexibility index (Phi) is 2.75. The minimum atomic E-state index is 0.0282. The summed E-state index contributed by atoms with van der Waals surface area (Å²) in [5.74, 6) is 0.965. The van der Waals surface area contributed by atoms with Gasteiger partial charge in [0.1, 0.15) is 12.4 Å². The van der Waals surface area contributed by atoms with Gasteiger partial charge >= 0.3 is 0 Å². The summed E-state index contributed by atoms with van der Waals surface area (Å²) >= 11 is 0. The molecular weight excluding hydrogens is 198 g/mol. The molecular formula is C14H19NO. The second-order valence-electron chi connectivity index (χ2n) is 5.20. The monoisotopic (exact) mass is 217 g/mol. The molecule has 1 aliphatic heterocycles. The van der Waals surface area contributed by atoms with Gasteiger partial charge in [0.25, 0.3) is 0 Å². The number of nitrogens with zero attached hydrogens (tertiary/aromatic N) is 1. The molecule has 0 atom stereocenters. The van der Waals surface area contributed by atoms with Crippen molar-refractivity contribution < 1.29 is 4.74 Å². The molecule has 0 bridgehead atoms. The number of hydrogen-bond acceptors (Lipinski definition) is 2. The average molecular weight is 217 g/mol. The largest absolute Gasteiger partial charge is 0.487 e. The first-order valence-corrected chi connectivity index (χ1v) is 5.86. The molecule has 0 radical (unpaired) electrons. The number of ether oxygens (including phenoxy) is 1. The zero-order chi connectivity index (χ0) is 11.8. The van der Waals surface area contributed by atoms with Gasteiger partial charge in [-0.1, -0.05) is 33.8 Å². The fraction of sp³-hybridized carbons (Fsp3) is 0.500. The van der Waals surface area contributed by atoms with Gasteiger partial charge in [0.15, 0.2) is 0 Å². The van der Waals surface area contributed by atoms with Gasteiger partial charge in [-0.25, -0.2) is 0 Å². The third kappa shape index (κ3) is 1.97. The highest BCUT2D eigenvalue weighted by Crippen LogP contribution is 2.35. The van der Waals surface area contributed by atoms with E-state index in [9.17, 15) is 0 Å². The minimum absolute atomic E-state index is 0.0282. The molecule has 2 rings (SSSR count). The molecule has 2 heteroatoms. The van der Waals surface area contributed by atoms with Crippen molar-refractivity contribution in [3.63, 3.8) is 0 Å². The second-order valence-corrected chi connectivity index (χ2v) is 5.20. The minimum Gasteiger partial charge on any atom is -0.487 e. The Labute approximate surface area is 97.4 Å². The van der Waals surface area contributed by atoms with Crippen molar-refractivity contribution in [3.8, 4) is 5.75 Å². The van der Waals surface area contributed by atoms with Crippen LogP contribution in [-0.4, -0.2) is 11.6 Å². The van der Waals surface area contributed by atoms with Crippen LogP contribution in [0.15, 0.2) is 12.1 Å². The van der Waals surface area contributed by atoms with E-state index < -0.39 is 0 Å². The molecule has 1 aromatic rings. The van der Waals surface area contributed by atoms with Crippen molar-refractivity contribution in [1.82, 2.24) is 4.98 Å². The van der Waals surface area contributed by atoms with Crippen LogP contribution >= 0.6 is 0 Å². The van der Waals surface area contributed by atoms with Crippen molar-refractivity contribution in [1.29, 1.82) is 0 Å². The predicted octanol–water partition coefficient (Wildman–Crippen LogP) is 3.35. The van der Waals surface area contributed by atoms with Crippen LogP contribution in [0, 0.1) is 0 Å². The lowest BCUT2D eigenvalue weighted by Gasteiger charge is -2.25. The quantitative estimate of drug-likeness (QED) is 0.719. The summed E-state index contributed by atoms with van der Waals surface area (Å²) in [4.78, 5) is 4.72. The number of rotatable bonds is 1. The molecule has 0 aromatic carbocycles. The highest BCUT2D eigenvalue weighted by atomic mass is 16.5. The lowest BCUT2D eigenvalue weighted by Crippen LogP contribution is -2.18. The molecule has 0 fully saturated rings. The summed E-state index contributed by atoms with van der Waals surface area (Å²) < 4.78 is 5.73. The van der Waals surface area contributed by atoms with E-state index in [1.807, 2.05) is 6.08 Å². The van der Waals surface area contributed by atoms with Gasteiger partial charge in [-0.05, 0) is 18.6 Å². The summed E-state index contributed by atoms with van der Waals surface area (Å²) in [6.45, 7) is 9.32. The Hall–Kier alpha value is -1.31. The normalized spacial score (nSPS) is 14.5. The van der Waals surface area contributed by atoms with E-state index in [0.29, 0.717) is 6.61 Å². The number of pyridine rings is 1. The maximum Gasteiger partial charge on any atom is 0.149 e. The van der Waals surface area contributed by atoms with E-state index in [1.165, 1.54) is 5.56 Å². The van der Waals surface area contributed by atoms with Gasteiger partial charge in [0, 0.05) is 16.7 Å². The van der Waals surface area contributed by atoms with Crippen LogP contribution in [0.1, 0.15) is 44.6 Å². The number of aromatic nitrogens is 1. The lowest BCUT2D eigenvalue weighted by molar-refractivity contribution is 0.342. The van der Waals surface area contributed by atoms with Crippen LogP contribution in [0.3, 0.4) is 0 Å². The molecule has 0 saturated carbocycles. The third-order valence-electron chi connectivity index (χ3n) is 2.75. The number of aryl methyl sites for hydroxylation is 1. The van der Waals surface area contributed by atoms with Crippen LogP contribution in [0.4, 0.5) is 0 Å². The Bertz CT molecular complexity index is 427. The topological polar surface area (TPSA) is 22.1 Å². The highest BCUT2D eigenvalue weighted by Gasteiger charge is 2.24. The van der Waals surface area contributed by atoms with Crippen molar-refractivity contribution in [3.05, 3.63) is 29.1 Å². The summed E-state index contributed by atoms with van der Waals surface area (Å²) in [5.41, 5.74) is 3.41. The van der Waals surface area contributed by atoms with Gasteiger partial charge in [-0.3, -0.25) is 4.98 Å². The Morgan fingerprint density at radius 3 is 2.75 bits per heavy atom. The number of fused-ring (bicyclic) bond motifs is 1. The molecule has 1 aromatic heterocycles. The van der Waals surface area contributed by atoms with Crippen molar-refractivity contribution in [2.75, 3.05) is 6.61 Å². The van der Waals surface area contributed by atoms with Gasteiger partial charge in [-0.15, -0.1) is 0 Å². The van der Waals surface area contributed by atoms with E-state index in [0.717, 1.165) is 23.6 Å². The molecule has 0 spiro atoms. The predicted molar refractivity (Wildman–Crippen MR) is 66.8 cm³/mol. The van der Waals surface area contributed by atoms with Gasteiger partial charge in [-0.2, -0.15) is 0 Å². The molecule has 0 aliphatic carbocycles. The SMILES string of the molecule is CCc1cc2c(c(C(C)(C)C)n1)OCC=C2. The number of hydrogen-bond donors (Lipinski definition) is 0. The smallest absolute Gasteiger partial charge is 0.149 e. The fourth-order valence-electron chi connectivity index (χ4n) is 1.88. The molecule has 1 aliphatic rings. The van der Waals surface area contributed by atoms with Crippen molar-refractivity contribution >= 4 is 6.08 Å². The third-order valence-corrected chi connectivity index (χ3v) is 2.75. The average Bonchev–Trinajstić information content (AvgIpc) is 2.26. The van der Waals surface area contributed by atoms with E-state index in [1.54, 1.807) is 0 Å². The van der Waals surface area contributed by atoms with Crippen LogP contribution < -0.4 is 4.74 Å². The maximum absolute atomic E-state index is 5.73. The Balaban J connectivity index is 2.62. The lowest BCUT2D eigenvalue weighted by atomic mass is 9.89. The first-order valence-electron chi connectivity index (χ1n) is 5.86. The van der Waals surface area contributed by atoms with Crippen molar-refractivity contribution in [2.45, 2.75) is 39.5 Å². The van der Waals surface area contributed by atoms with Crippen LogP contribution in [0.25, 0.3) is 6.08 Å². The first-order chi connectivity index (χ1) is 7.52. The van der Waals surface area contributed by atoms with E-state index in [4.69, 9.17) is 9.72 Å². The summed E-state index contributed by atoms with van der Waals surface area (Å²) in [6, 6.07) is 2.13. The maximum atomic E-state index is 5.73. The zero-order valence-corrected chi connectivity index (χ0v) is 10.5. The molecule has 2 nitrogen and oxygen atoms in total. The molecule has 16 heavy (non-hydrogen) atoms. The summed E-state index contributed by atoms with van der Waals surface area (Å²) in [7, 11) is 0. The molecule has 2 heterocycles. The van der Waals surface area contributed by atoms with Gasteiger partial charge in [0.2, 0.25) is 0 Å². The second kappa shape index (κ2) is 3.93. The summed E-state index contributed by atoms with van der Waals surface area (Å²) in [5, 5.41) is 0. The highest BCUT2D eigenvalue weighted by molar-refractivity contribution is 5.62. The zero-order valence-electron chi connectivity index (χ0n) is 10.5. The Morgan fingerprint density at radius 2 is 2.12 bits per heavy atom. The fourth-order valence-corrected chi connectivity index (χ4v) is 1.88. The van der Waals surface area contributed by atoms with E-state index in [2.05, 4.69) is 39.8 Å². The summed E-state index contributed by atoms with van der Waals surface area (Å²) in [6.07, 6.45) is 5.15. The van der Waals surface area contributed by atoms with Crippen LogP contribution in [-0.2, 0) is 11.8 Å². The molecule has 86 valence electrons. The van der Waals surface area contributed by atoms with Gasteiger partial charge in [0.05, 0.1) is 5.69 Å². The van der Waals surface area contributed by atoms with E-state index in [-0.39, 0.29) is 5.41 Å². The molecule has 0 amide bonds. The molecule has 0 unspecified atom stereocenters. The Morgan fingerprint density at radius 1 is 1.38 bits per heavy atom. The molecule has 0 N–H and O–H groups in total. The van der Waals surface area contributed by atoms with Crippen molar-refractivity contribution in [2.24, 2.45) is 0 Å². The van der Waals surface area contributed by atoms with E-state index >= 15 is 0 Å². The van der Waals surface area contributed by atoms with Crippen LogP contribution in [0.2, 0.25) is 0 Å². The standard InChI is InChI=1S/C14H19NO/c1-5-11-9-10-7-6-8-16-12(10)13(15-11)14(2,3)4/h6-7,9H,5,8H2,1-4H3.